The Hall–Kier alpha value is -3.98. The lowest BCUT2D eigenvalue weighted by Crippen LogP contribution is -2.46. The molecule has 15 nitrogen and oxygen atoms in total. The van der Waals surface area contributed by atoms with Gasteiger partial charge in [-0.05, 0) is 26.3 Å². The van der Waals surface area contributed by atoms with E-state index in [0.717, 1.165) is 6.26 Å². The first-order valence-corrected chi connectivity index (χ1v) is 16.1. The summed E-state index contributed by atoms with van der Waals surface area (Å²) in [5.74, 6) is -0.867. The highest BCUT2D eigenvalue weighted by atomic mass is 32.2. The van der Waals surface area contributed by atoms with Crippen molar-refractivity contribution in [3.8, 4) is 23.1 Å². The third-order valence-corrected chi connectivity index (χ3v) is 8.88. The van der Waals surface area contributed by atoms with Gasteiger partial charge in [0, 0.05) is 60.1 Å². The van der Waals surface area contributed by atoms with Crippen LogP contribution in [0.25, 0.3) is 28.1 Å². The number of piperidine rings is 1. The molecule has 0 radical (unpaired) electrons. The van der Waals surface area contributed by atoms with Gasteiger partial charge in [0.2, 0.25) is 10.0 Å². The fraction of sp³-hybridized carbons (Fsp3) is 0.417. The van der Waals surface area contributed by atoms with E-state index in [1.807, 2.05) is 13.8 Å². The summed E-state index contributed by atoms with van der Waals surface area (Å²) in [6.07, 6.45) is 7.71. The number of nitriles is 1. The van der Waals surface area contributed by atoms with E-state index in [1.54, 1.807) is 35.4 Å². The largest absolute Gasteiger partial charge is 0.382 e. The Bertz CT molecular complexity index is 1860. The second kappa shape index (κ2) is 10.8. The maximum Gasteiger partial charge on any atom is 0.265 e. The zero-order chi connectivity index (χ0) is 29.5. The minimum atomic E-state index is -4.38. The van der Waals surface area contributed by atoms with E-state index in [9.17, 15) is 21.4 Å². The first kappa shape index (κ1) is 28.5. The summed E-state index contributed by atoms with van der Waals surface area (Å²) < 4.78 is 61.6. The van der Waals surface area contributed by atoms with Crippen molar-refractivity contribution in [3.05, 3.63) is 42.5 Å². The van der Waals surface area contributed by atoms with E-state index in [4.69, 9.17) is 5.26 Å². The molecule has 216 valence electrons. The van der Waals surface area contributed by atoms with Crippen LogP contribution in [-0.2, 0) is 20.1 Å². The molecule has 1 aliphatic heterocycles. The van der Waals surface area contributed by atoms with Crippen LogP contribution < -0.4 is 5.32 Å². The number of fused-ring (bicyclic) bond motifs is 1. The second-order valence-corrected chi connectivity index (χ2v) is 13.7. The van der Waals surface area contributed by atoms with Crippen LogP contribution in [0, 0.1) is 17.2 Å². The van der Waals surface area contributed by atoms with Crippen molar-refractivity contribution >= 4 is 36.9 Å². The zero-order valence-corrected chi connectivity index (χ0v) is 24.1. The Balaban J connectivity index is 1.49. The minimum Gasteiger partial charge on any atom is -0.382 e. The molecule has 41 heavy (non-hydrogen) atoms. The topological polar surface area (TPSA) is 202 Å². The highest BCUT2D eigenvalue weighted by Crippen LogP contribution is 2.33. The van der Waals surface area contributed by atoms with Gasteiger partial charge in [-0.25, -0.2) is 27.4 Å². The Labute approximate surface area is 236 Å². The van der Waals surface area contributed by atoms with Crippen LogP contribution in [0.3, 0.4) is 0 Å². The molecule has 17 heteroatoms. The normalized spacial score (nSPS) is 18.5. The number of aromatic nitrogens is 7. The van der Waals surface area contributed by atoms with Gasteiger partial charge in [0.05, 0.1) is 36.0 Å². The molecule has 2 N–H and O–H groups in total. The van der Waals surface area contributed by atoms with Crippen molar-refractivity contribution in [1.82, 2.24) is 39.0 Å². The molecule has 5 rings (SSSR count). The predicted octanol–water partition coefficient (Wildman–Crippen LogP) is 1.48. The number of anilines is 1. The quantitative estimate of drug-likeness (QED) is 0.276. The Morgan fingerprint density at radius 1 is 1.17 bits per heavy atom. The van der Waals surface area contributed by atoms with E-state index in [0.29, 0.717) is 39.4 Å². The number of hydrogen-bond acceptors (Lipinski definition) is 11. The fourth-order valence-corrected chi connectivity index (χ4v) is 6.75. The van der Waals surface area contributed by atoms with Crippen LogP contribution in [0.1, 0.15) is 31.9 Å². The van der Waals surface area contributed by atoms with E-state index in [1.165, 1.54) is 15.2 Å². The van der Waals surface area contributed by atoms with Crippen LogP contribution in [0.15, 0.2) is 36.9 Å². The molecule has 5 heterocycles. The third-order valence-electron chi connectivity index (χ3n) is 6.76. The summed E-state index contributed by atoms with van der Waals surface area (Å²) in [4.78, 5) is 8.93. The zero-order valence-electron chi connectivity index (χ0n) is 22.4. The molecule has 0 unspecified atom stereocenters. The molecule has 4 aromatic heterocycles. The first-order chi connectivity index (χ1) is 19.3. The average Bonchev–Trinajstić information content (AvgIpc) is 3.54. The van der Waals surface area contributed by atoms with Crippen molar-refractivity contribution in [3.63, 3.8) is 0 Å². The Morgan fingerprint density at radius 2 is 1.95 bits per heavy atom. The van der Waals surface area contributed by atoms with Gasteiger partial charge in [-0.1, -0.05) is 5.21 Å². The summed E-state index contributed by atoms with van der Waals surface area (Å²) in [5, 5.41) is 26.2. The van der Waals surface area contributed by atoms with E-state index in [-0.39, 0.29) is 25.6 Å². The van der Waals surface area contributed by atoms with Gasteiger partial charge in [-0.3, -0.25) is 4.55 Å². The van der Waals surface area contributed by atoms with Crippen LogP contribution in [0.2, 0.25) is 0 Å². The number of rotatable bonds is 8. The lowest BCUT2D eigenvalue weighted by atomic mass is 9.95. The van der Waals surface area contributed by atoms with Crippen LogP contribution >= 0.6 is 0 Å². The van der Waals surface area contributed by atoms with Gasteiger partial charge in [-0.2, -0.15) is 23.5 Å². The van der Waals surface area contributed by atoms with Gasteiger partial charge < -0.3 is 5.32 Å². The van der Waals surface area contributed by atoms with Crippen LogP contribution in [0.5, 0.6) is 0 Å². The first-order valence-electron chi connectivity index (χ1n) is 12.7. The second-order valence-electron chi connectivity index (χ2n) is 10.3. The van der Waals surface area contributed by atoms with Gasteiger partial charge >= 0.3 is 0 Å². The molecule has 1 fully saturated rings. The van der Waals surface area contributed by atoms with Crippen LogP contribution in [-0.4, -0.2) is 91.6 Å². The smallest absolute Gasteiger partial charge is 0.265 e. The Morgan fingerprint density at radius 3 is 2.63 bits per heavy atom. The van der Waals surface area contributed by atoms with Crippen molar-refractivity contribution in [2.45, 2.75) is 32.4 Å². The summed E-state index contributed by atoms with van der Waals surface area (Å²) >= 11 is 0. The maximum atomic E-state index is 12.1. The third kappa shape index (κ3) is 6.20. The van der Waals surface area contributed by atoms with E-state index < -0.39 is 37.9 Å². The molecule has 0 aromatic carbocycles. The molecule has 0 aliphatic carbocycles. The lowest BCUT2D eigenvalue weighted by Gasteiger charge is -2.36. The highest BCUT2D eigenvalue weighted by Gasteiger charge is 2.37. The number of sulfonamides is 1. The van der Waals surface area contributed by atoms with Crippen molar-refractivity contribution in [1.29, 1.82) is 5.26 Å². The molecule has 0 bridgehead atoms. The van der Waals surface area contributed by atoms with E-state index in [2.05, 4.69) is 36.8 Å². The minimum absolute atomic E-state index is 0.0455. The van der Waals surface area contributed by atoms with E-state index >= 15 is 0 Å². The molecule has 0 amide bonds. The molecule has 4 aromatic rings. The summed E-state index contributed by atoms with van der Waals surface area (Å²) in [7, 11) is -7.92. The summed E-state index contributed by atoms with van der Waals surface area (Å²) in [6.45, 7) is 4.06. The van der Waals surface area contributed by atoms with Crippen molar-refractivity contribution < 1.29 is 21.4 Å². The lowest BCUT2D eigenvalue weighted by molar-refractivity contribution is 0.188. The number of pyridine rings is 2. The molecule has 2 atom stereocenters. The average molecular weight is 601 g/mol. The molecule has 0 saturated carbocycles. The standard InChI is InChI=1S/C24H28N10O5S2/c1-15(2)29-20-7-23(34-24-17(10-28-34)6-16(8-25)9-27-24)26-11-19(20)21-13-33(31-30-21)22-4-5-32(40(3,35)36)12-18(22)14-41(37,38)39/h6-7,9-11,13,15,18,22H,4-5,12,14H2,1-3H3,(H,26,29)(H,37,38,39)/t18-,22+/m0/s1. The molecule has 1 saturated heterocycles. The van der Waals surface area contributed by atoms with Gasteiger partial charge in [0.25, 0.3) is 10.1 Å². The predicted molar refractivity (Wildman–Crippen MR) is 149 cm³/mol. The fourth-order valence-electron chi connectivity index (χ4n) is 4.98. The van der Waals surface area contributed by atoms with Crippen LogP contribution in [0.4, 0.5) is 5.69 Å². The van der Waals surface area contributed by atoms with Crippen molar-refractivity contribution in [2.24, 2.45) is 5.92 Å². The van der Waals surface area contributed by atoms with Gasteiger partial charge in [0.1, 0.15) is 11.8 Å². The number of nitrogens with zero attached hydrogens (tertiary/aromatic N) is 9. The summed E-state index contributed by atoms with van der Waals surface area (Å²) in [5.41, 5.74) is 2.74. The SMILES string of the molecule is CC(C)Nc1cc(-n2ncc3cc(C#N)cnc32)ncc1-c1cn([C@@H]2CCN(S(C)(=O)=O)C[C@H]2CS(=O)(=O)O)nn1. The number of hydrogen-bond donors (Lipinski definition) is 2. The molecule has 1 aliphatic rings. The van der Waals surface area contributed by atoms with Gasteiger partial charge in [0.15, 0.2) is 11.5 Å². The summed E-state index contributed by atoms with van der Waals surface area (Å²) in [6, 6.07) is 5.09. The van der Waals surface area contributed by atoms with Gasteiger partial charge in [-0.15, -0.1) is 5.10 Å². The Kier molecular flexibility index (Phi) is 7.50. The molecular formula is C24H28N10O5S2. The monoisotopic (exact) mass is 600 g/mol. The maximum absolute atomic E-state index is 12.1. The van der Waals surface area contributed by atoms with Crippen molar-refractivity contribution in [2.75, 3.05) is 30.4 Å². The molecular weight excluding hydrogens is 572 g/mol. The number of nitrogens with one attached hydrogen (secondary N) is 1. The molecule has 0 spiro atoms. The highest BCUT2D eigenvalue weighted by molar-refractivity contribution is 7.88.